The quantitative estimate of drug-likeness (QED) is 0.222. The van der Waals surface area contributed by atoms with Crippen molar-refractivity contribution in [3.8, 4) is 22.3 Å². The Hall–Kier alpha value is -5.67. The van der Waals surface area contributed by atoms with Crippen molar-refractivity contribution in [1.29, 1.82) is 0 Å². The molecule has 1 aliphatic rings. The van der Waals surface area contributed by atoms with Crippen LogP contribution in [0.3, 0.4) is 0 Å². The van der Waals surface area contributed by atoms with Crippen LogP contribution in [0.25, 0.3) is 82.2 Å². The summed E-state index contributed by atoms with van der Waals surface area (Å²) in [5.74, 6) is 0. The second-order valence-electron chi connectivity index (χ2n) is 11.2. The molecule has 0 saturated carbocycles. The molecule has 0 spiro atoms. The van der Waals surface area contributed by atoms with Gasteiger partial charge in [0.1, 0.15) is 11.2 Å². The lowest BCUT2D eigenvalue weighted by molar-refractivity contribution is 0.669. The Bertz CT molecular complexity index is 2390. The molecule has 0 amide bonds. The van der Waals surface area contributed by atoms with Gasteiger partial charge in [-0.05, 0) is 85.4 Å². The molecule has 0 saturated heterocycles. The minimum absolute atomic E-state index is 0.822. The van der Waals surface area contributed by atoms with E-state index in [0.29, 0.717) is 0 Å². The van der Waals surface area contributed by atoms with E-state index in [1.54, 1.807) is 0 Å². The van der Waals surface area contributed by atoms with E-state index in [0.717, 1.165) is 45.4 Å². The maximum atomic E-state index is 6.34. The highest BCUT2D eigenvalue weighted by Gasteiger charge is 2.18. The molecule has 0 atom stereocenters. The molecule has 6 aromatic carbocycles. The summed E-state index contributed by atoms with van der Waals surface area (Å²) < 4.78 is 6.34. The number of pyridine rings is 1. The average Bonchev–Trinajstić information content (AvgIpc) is 3.43. The number of dihydropyridines is 1. The zero-order chi connectivity index (χ0) is 28.3. The van der Waals surface area contributed by atoms with Crippen LogP contribution >= 0.6 is 0 Å². The third kappa shape index (κ3) is 3.79. The summed E-state index contributed by atoms with van der Waals surface area (Å²) in [5, 5.41) is 13.0. The highest BCUT2D eigenvalue weighted by atomic mass is 16.3. The largest absolute Gasteiger partial charge is 0.456 e. The maximum Gasteiger partial charge on any atom is 0.136 e. The van der Waals surface area contributed by atoms with E-state index < -0.39 is 0 Å². The van der Waals surface area contributed by atoms with Crippen molar-refractivity contribution >= 4 is 60.0 Å². The third-order valence-corrected chi connectivity index (χ3v) is 8.70. The minimum Gasteiger partial charge on any atom is -0.456 e. The molecule has 1 aliphatic heterocycles. The average molecular weight is 551 g/mol. The van der Waals surface area contributed by atoms with Crippen LogP contribution in [-0.4, -0.2) is 11.5 Å². The van der Waals surface area contributed by atoms with Gasteiger partial charge in [-0.15, -0.1) is 0 Å². The Morgan fingerprint density at radius 3 is 1.84 bits per heavy atom. The van der Waals surface area contributed by atoms with Crippen LogP contribution in [0, 0.1) is 0 Å². The number of fused-ring (bicyclic) bond motifs is 6. The molecule has 0 radical (unpaired) electrons. The van der Waals surface area contributed by atoms with E-state index in [4.69, 9.17) is 9.40 Å². The molecule has 202 valence electrons. The van der Waals surface area contributed by atoms with E-state index in [-0.39, 0.29) is 0 Å². The summed E-state index contributed by atoms with van der Waals surface area (Å²) in [5.41, 5.74) is 8.56. The van der Waals surface area contributed by atoms with Gasteiger partial charge in [-0.3, -0.25) is 4.98 Å². The molecular weight excluding hydrogens is 524 g/mol. The molecule has 8 aromatic rings. The second-order valence-corrected chi connectivity index (χ2v) is 11.2. The SMILES string of the molecule is C1=CCNC(c2ccc(-c3c4ccccc4c(-c4ccc5oc6cc7ccccc7cc6c5c4)c4ccccc34)cn2)=C1. The molecule has 43 heavy (non-hydrogen) atoms. The van der Waals surface area contributed by atoms with Gasteiger partial charge in [-0.2, -0.15) is 0 Å². The molecule has 0 fully saturated rings. The van der Waals surface area contributed by atoms with E-state index in [1.807, 2.05) is 6.20 Å². The molecule has 1 N–H and O–H groups in total. The summed E-state index contributed by atoms with van der Waals surface area (Å²) in [4.78, 5) is 4.88. The van der Waals surface area contributed by atoms with Crippen molar-refractivity contribution < 1.29 is 4.42 Å². The Morgan fingerprint density at radius 2 is 1.19 bits per heavy atom. The van der Waals surface area contributed by atoms with Crippen molar-refractivity contribution in [1.82, 2.24) is 10.3 Å². The Balaban J connectivity index is 1.28. The van der Waals surface area contributed by atoms with E-state index in [9.17, 15) is 0 Å². The van der Waals surface area contributed by atoms with Gasteiger partial charge in [0.2, 0.25) is 0 Å². The first-order chi connectivity index (χ1) is 21.3. The summed E-state index contributed by atoms with van der Waals surface area (Å²) in [6, 6.07) is 41.3. The molecule has 0 aliphatic carbocycles. The lowest BCUT2D eigenvalue weighted by atomic mass is 9.86. The summed E-state index contributed by atoms with van der Waals surface area (Å²) in [6.45, 7) is 0.822. The van der Waals surface area contributed by atoms with Crippen LogP contribution in [0.4, 0.5) is 0 Å². The zero-order valence-corrected chi connectivity index (χ0v) is 23.3. The van der Waals surface area contributed by atoms with Crippen LogP contribution in [0.15, 0.2) is 144 Å². The van der Waals surface area contributed by atoms with Crippen LogP contribution in [-0.2, 0) is 0 Å². The summed E-state index contributed by atoms with van der Waals surface area (Å²) >= 11 is 0. The number of allylic oxidation sites excluding steroid dienone is 2. The monoisotopic (exact) mass is 550 g/mol. The molecule has 3 nitrogen and oxygen atoms in total. The molecule has 2 aromatic heterocycles. The molecule has 3 heteroatoms. The number of rotatable bonds is 3. The van der Waals surface area contributed by atoms with Crippen molar-refractivity contribution in [2.75, 3.05) is 6.54 Å². The lowest BCUT2D eigenvalue weighted by Crippen LogP contribution is -2.15. The van der Waals surface area contributed by atoms with Crippen molar-refractivity contribution in [2.45, 2.75) is 0 Å². The van der Waals surface area contributed by atoms with E-state index in [2.05, 4.69) is 139 Å². The second kappa shape index (κ2) is 9.43. The maximum absolute atomic E-state index is 6.34. The number of hydrogen-bond donors (Lipinski definition) is 1. The molecule has 0 unspecified atom stereocenters. The standard InChI is InChI=1S/C40H26N2O/c1-2-10-26-23-38-34(21-25(26)9-1)33-22-27(17-19-37(33)43-38)39-29-11-3-5-13-31(29)40(32-14-6-4-12-30(32)39)28-16-18-36(42-24-28)35-15-7-8-20-41-35/h1-19,21-24,41H,20H2. The van der Waals surface area contributed by atoms with Gasteiger partial charge >= 0.3 is 0 Å². The number of nitrogens with one attached hydrogen (secondary N) is 1. The van der Waals surface area contributed by atoms with Crippen molar-refractivity contribution in [3.05, 3.63) is 145 Å². The van der Waals surface area contributed by atoms with Crippen LogP contribution < -0.4 is 5.32 Å². The zero-order valence-electron chi connectivity index (χ0n) is 23.3. The minimum atomic E-state index is 0.822. The topological polar surface area (TPSA) is 38.1 Å². The molecule has 3 heterocycles. The smallest absolute Gasteiger partial charge is 0.136 e. The van der Waals surface area contributed by atoms with Gasteiger partial charge < -0.3 is 9.73 Å². The van der Waals surface area contributed by atoms with Crippen molar-refractivity contribution in [3.63, 3.8) is 0 Å². The summed E-state index contributed by atoms with van der Waals surface area (Å²) in [7, 11) is 0. The first kappa shape index (κ1) is 24.0. The fraction of sp³-hybridized carbons (Fsp3) is 0.0250. The van der Waals surface area contributed by atoms with E-state index in [1.165, 1.54) is 49.0 Å². The van der Waals surface area contributed by atoms with Gasteiger partial charge in [-0.1, -0.05) is 97.1 Å². The fourth-order valence-corrected chi connectivity index (χ4v) is 6.71. The Morgan fingerprint density at radius 1 is 0.558 bits per heavy atom. The summed E-state index contributed by atoms with van der Waals surface area (Å²) in [6.07, 6.45) is 8.27. The van der Waals surface area contributed by atoms with Gasteiger partial charge in [-0.25, -0.2) is 0 Å². The number of nitrogens with zero attached hydrogens (tertiary/aromatic N) is 1. The number of hydrogen-bond acceptors (Lipinski definition) is 3. The fourth-order valence-electron chi connectivity index (χ4n) is 6.71. The predicted molar refractivity (Wildman–Crippen MR) is 180 cm³/mol. The van der Waals surface area contributed by atoms with E-state index >= 15 is 0 Å². The highest BCUT2D eigenvalue weighted by molar-refractivity contribution is 6.22. The Kier molecular flexibility index (Phi) is 5.26. The first-order valence-corrected chi connectivity index (χ1v) is 14.7. The first-order valence-electron chi connectivity index (χ1n) is 14.7. The van der Waals surface area contributed by atoms with Crippen LogP contribution in [0.2, 0.25) is 0 Å². The lowest BCUT2D eigenvalue weighted by Gasteiger charge is -2.18. The van der Waals surface area contributed by atoms with Gasteiger partial charge in [0, 0.05) is 29.1 Å². The highest BCUT2D eigenvalue weighted by Crippen LogP contribution is 2.44. The van der Waals surface area contributed by atoms with Gasteiger partial charge in [0.25, 0.3) is 0 Å². The predicted octanol–water partition coefficient (Wildman–Crippen LogP) is 10.3. The number of furan rings is 1. The number of aromatic nitrogens is 1. The Labute approximate surface area is 248 Å². The van der Waals surface area contributed by atoms with Crippen LogP contribution in [0.1, 0.15) is 5.69 Å². The van der Waals surface area contributed by atoms with Gasteiger partial charge in [0.15, 0.2) is 0 Å². The molecular formula is C40H26N2O. The third-order valence-electron chi connectivity index (χ3n) is 8.70. The molecule has 0 bridgehead atoms. The normalized spacial score (nSPS) is 13.3. The number of benzene rings is 6. The van der Waals surface area contributed by atoms with Crippen LogP contribution in [0.5, 0.6) is 0 Å². The molecule has 9 rings (SSSR count). The van der Waals surface area contributed by atoms with Gasteiger partial charge in [0.05, 0.1) is 11.4 Å². The van der Waals surface area contributed by atoms with Crippen molar-refractivity contribution in [2.24, 2.45) is 0 Å².